The Morgan fingerprint density at radius 2 is 1.93 bits per heavy atom. The molecule has 1 aromatic carbocycles. The summed E-state index contributed by atoms with van der Waals surface area (Å²) in [5.41, 5.74) is 1.17. The van der Waals surface area contributed by atoms with Crippen molar-refractivity contribution in [2.24, 2.45) is 0 Å². The quantitative estimate of drug-likeness (QED) is 0.432. The van der Waals surface area contributed by atoms with E-state index in [0.717, 1.165) is 5.75 Å². The first-order chi connectivity index (χ1) is 6.68. The van der Waals surface area contributed by atoms with Gasteiger partial charge in [-0.3, -0.25) is 0 Å². The van der Waals surface area contributed by atoms with E-state index in [9.17, 15) is 9.90 Å². The van der Waals surface area contributed by atoms with Crippen molar-refractivity contribution in [2.75, 3.05) is 6.61 Å². The fourth-order valence-electron chi connectivity index (χ4n) is 1.04. The maximum absolute atomic E-state index is 10.1. The molecule has 0 fully saturated rings. The summed E-state index contributed by atoms with van der Waals surface area (Å²) in [4.78, 5) is 10.1. The summed E-state index contributed by atoms with van der Waals surface area (Å²) in [6, 6.07) is 7.64. The van der Waals surface area contributed by atoms with E-state index < -0.39 is 5.97 Å². The third kappa shape index (κ3) is 7.08. The smallest absolute Gasteiger partial charge is 0.550 e. The molecule has 0 spiro atoms. The van der Waals surface area contributed by atoms with Crippen LogP contribution in [0.2, 0.25) is 0 Å². The summed E-state index contributed by atoms with van der Waals surface area (Å²) in [6.45, 7) is 2.41. The maximum Gasteiger partial charge on any atom is 1.00 e. The number of carboxylic acids is 1. The van der Waals surface area contributed by atoms with Gasteiger partial charge in [-0.1, -0.05) is 17.7 Å². The van der Waals surface area contributed by atoms with E-state index >= 15 is 0 Å². The Morgan fingerprint density at radius 1 is 1.33 bits per heavy atom. The molecule has 4 heteroatoms. The second kappa shape index (κ2) is 8.30. The van der Waals surface area contributed by atoms with Gasteiger partial charge in [-0.15, -0.1) is 0 Å². The predicted octanol–water partition coefficient (Wildman–Crippen LogP) is -2.09. The number of benzene rings is 1. The van der Waals surface area contributed by atoms with Crippen LogP contribution in [-0.2, 0) is 4.79 Å². The van der Waals surface area contributed by atoms with E-state index in [-0.39, 0.29) is 57.8 Å². The number of ether oxygens (including phenoxy) is 1. The first-order valence-corrected chi connectivity index (χ1v) is 4.58. The molecule has 0 bridgehead atoms. The van der Waals surface area contributed by atoms with Gasteiger partial charge in [-0.25, -0.2) is 0 Å². The van der Waals surface area contributed by atoms with Crippen LogP contribution in [0.15, 0.2) is 24.3 Å². The Balaban J connectivity index is 0.00000196. The minimum atomic E-state index is -1.03. The first kappa shape index (κ1) is 15.1. The van der Waals surface area contributed by atoms with Gasteiger partial charge in [0.1, 0.15) is 5.75 Å². The third-order valence-electron chi connectivity index (χ3n) is 1.81. The SMILES string of the molecule is Cc1ccc(OCCCC(=O)[O-])cc1.[K+]. The van der Waals surface area contributed by atoms with Crippen molar-refractivity contribution >= 4 is 5.97 Å². The van der Waals surface area contributed by atoms with Crippen LogP contribution < -0.4 is 61.2 Å². The van der Waals surface area contributed by atoms with Gasteiger partial charge in [0.05, 0.1) is 6.61 Å². The second-order valence-electron chi connectivity index (χ2n) is 3.14. The van der Waals surface area contributed by atoms with Crippen molar-refractivity contribution in [3.8, 4) is 5.75 Å². The van der Waals surface area contributed by atoms with Crippen LogP contribution in [0.3, 0.4) is 0 Å². The Hall–Kier alpha value is 0.126. The largest absolute Gasteiger partial charge is 1.00 e. The molecule has 1 aromatic rings. The summed E-state index contributed by atoms with van der Waals surface area (Å²) in [5.74, 6) is -0.258. The molecule has 0 aliphatic heterocycles. The molecular weight excluding hydrogens is 219 g/mol. The Morgan fingerprint density at radius 3 is 2.47 bits per heavy atom. The minimum absolute atomic E-state index is 0. The van der Waals surface area contributed by atoms with Gasteiger partial charge in [0, 0.05) is 5.97 Å². The number of aryl methyl sites for hydroxylation is 1. The van der Waals surface area contributed by atoms with Crippen LogP contribution in [0.5, 0.6) is 5.75 Å². The maximum atomic E-state index is 10.1. The zero-order valence-corrected chi connectivity index (χ0v) is 12.3. The summed E-state index contributed by atoms with van der Waals surface area (Å²) < 4.78 is 5.32. The molecule has 0 radical (unpaired) electrons. The molecule has 3 nitrogen and oxygen atoms in total. The van der Waals surface area contributed by atoms with E-state index in [2.05, 4.69) is 0 Å². The predicted molar refractivity (Wildman–Crippen MR) is 50.9 cm³/mol. The van der Waals surface area contributed by atoms with Crippen molar-refractivity contribution in [2.45, 2.75) is 19.8 Å². The van der Waals surface area contributed by atoms with Crippen LogP contribution in [0.25, 0.3) is 0 Å². The van der Waals surface area contributed by atoms with Gasteiger partial charge < -0.3 is 14.6 Å². The van der Waals surface area contributed by atoms with Crippen molar-refractivity contribution < 1.29 is 66.0 Å². The van der Waals surface area contributed by atoms with Gasteiger partial charge >= 0.3 is 51.4 Å². The van der Waals surface area contributed by atoms with Gasteiger partial charge in [0.2, 0.25) is 0 Å². The van der Waals surface area contributed by atoms with E-state index in [1.807, 2.05) is 31.2 Å². The van der Waals surface area contributed by atoms with Gasteiger partial charge in [0.25, 0.3) is 0 Å². The van der Waals surface area contributed by atoms with E-state index in [1.54, 1.807) is 0 Å². The normalized spacial score (nSPS) is 9.13. The zero-order chi connectivity index (χ0) is 10.4. The van der Waals surface area contributed by atoms with Crippen molar-refractivity contribution in [3.63, 3.8) is 0 Å². The van der Waals surface area contributed by atoms with E-state index in [4.69, 9.17) is 4.74 Å². The van der Waals surface area contributed by atoms with E-state index in [0.29, 0.717) is 13.0 Å². The standard InChI is InChI=1S/C11H14O3.K/c1-9-4-6-10(7-5-9)14-8-2-3-11(12)13;/h4-7H,2-3,8H2,1H3,(H,12,13);/q;+1/p-1. The molecule has 76 valence electrons. The van der Waals surface area contributed by atoms with Crippen molar-refractivity contribution in [3.05, 3.63) is 29.8 Å². The summed E-state index contributed by atoms with van der Waals surface area (Å²) in [6.07, 6.45) is 0.530. The Bertz CT molecular complexity index is 295. The fraction of sp³-hybridized carbons (Fsp3) is 0.364. The number of carbonyl (C=O) groups is 1. The molecule has 0 atom stereocenters. The topological polar surface area (TPSA) is 49.4 Å². The number of aliphatic carboxylic acids is 1. The van der Waals surface area contributed by atoms with Gasteiger partial charge in [0.15, 0.2) is 0 Å². The Labute approximate surface area is 132 Å². The number of hydrogen-bond acceptors (Lipinski definition) is 3. The molecule has 0 aliphatic rings. The molecule has 0 saturated carbocycles. The van der Waals surface area contributed by atoms with Crippen LogP contribution in [0.4, 0.5) is 0 Å². The molecule has 1 rings (SSSR count). The number of hydrogen-bond donors (Lipinski definition) is 0. The van der Waals surface area contributed by atoms with Gasteiger partial charge in [-0.05, 0) is 31.9 Å². The molecule has 0 N–H and O–H groups in total. The minimum Gasteiger partial charge on any atom is -0.550 e. The fourth-order valence-corrected chi connectivity index (χ4v) is 1.04. The van der Waals surface area contributed by atoms with Crippen LogP contribution in [0, 0.1) is 6.92 Å². The van der Waals surface area contributed by atoms with Gasteiger partial charge in [-0.2, -0.15) is 0 Å². The second-order valence-corrected chi connectivity index (χ2v) is 3.14. The third-order valence-corrected chi connectivity index (χ3v) is 1.81. The average Bonchev–Trinajstić information content (AvgIpc) is 2.15. The van der Waals surface area contributed by atoms with Crippen LogP contribution >= 0.6 is 0 Å². The van der Waals surface area contributed by atoms with Crippen LogP contribution in [-0.4, -0.2) is 12.6 Å². The zero-order valence-electron chi connectivity index (χ0n) is 9.16. The number of rotatable bonds is 5. The summed E-state index contributed by atoms with van der Waals surface area (Å²) in [5, 5.41) is 10.1. The number of carboxylic acid groups (broad SMARTS) is 1. The molecule has 0 aromatic heterocycles. The summed E-state index contributed by atoms with van der Waals surface area (Å²) in [7, 11) is 0. The average molecular weight is 232 g/mol. The summed E-state index contributed by atoms with van der Waals surface area (Å²) >= 11 is 0. The molecule has 0 amide bonds. The first-order valence-electron chi connectivity index (χ1n) is 4.58. The molecule has 0 heterocycles. The number of carbonyl (C=O) groups excluding carboxylic acids is 1. The monoisotopic (exact) mass is 232 g/mol. The molecule has 15 heavy (non-hydrogen) atoms. The Kier molecular flexibility index (Phi) is 8.37. The molecule has 0 unspecified atom stereocenters. The van der Waals surface area contributed by atoms with Crippen molar-refractivity contribution in [1.82, 2.24) is 0 Å². The molecule has 0 saturated heterocycles. The molecular formula is C11H13KO3. The van der Waals surface area contributed by atoms with Crippen LogP contribution in [0.1, 0.15) is 18.4 Å². The van der Waals surface area contributed by atoms with E-state index in [1.165, 1.54) is 5.56 Å². The van der Waals surface area contributed by atoms with Crippen molar-refractivity contribution in [1.29, 1.82) is 0 Å². The molecule has 0 aliphatic carbocycles.